The Morgan fingerprint density at radius 3 is 2.47 bits per heavy atom. The second-order valence-electron chi connectivity index (χ2n) is 8.65. The number of sulfonamides is 1. The van der Waals surface area contributed by atoms with Crippen molar-refractivity contribution in [1.82, 2.24) is 4.31 Å². The molecule has 2 atom stereocenters. The monoisotopic (exact) mass is 471 g/mol. The second kappa shape index (κ2) is 8.61. The Morgan fingerprint density at radius 2 is 1.76 bits per heavy atom. The molecule has 0 radical (unpaired) electrons. The summed E-state index contributed by atoms with van der Waals surface area (Å²) < 4.78 is 34.7. The first-order valence-electron chi connectivity index (χ1n) is 11.2. The summed E-state index contributed by atoms with van der Waals surface area (Å²) in [6.45, 7) is 5.72. The molecule has 5 rings (SSSR count). The van der Waals surface area contributed by atoms with Gasteiger partial charge in [0, 0.05) is 18.0 Å². The number of carbonyl (C=O) groups is 1. The second-order valence-corrected chi connectivity index (χ2v) is 10.5. The van der Waals surface area contributed by atoms with Gasteiger partial charge in [0.2, 0.25) is 0 Å². The molecule has 3 aromatic carbocycles. The van der Waals surface area contributed by atoms with Gasteiger partial charge in [0.1, 0.15) is 5.75 Å². The third kappa shape index (κ3) is 3.74. The van der Waals surface area contributed by atoms with Crippen LogP contribution in [0.5, 0.6) is 5.75 Å². The van der Waals surface area contributed by atoms with Crippen LogP contribution in [-0.2, 0) is 21.2 Å². The minimum atomic E-state index is -3.90. The van der Waals surface area contributed by atoms with Crippen LogP contribution in [0.2, 0.25) is 0 Å². The average Bonchev–Trinajstić information content (AvgIpc) is 2.85. The van der Waals surface area contributed by atoms with Gasteiger partial charge in [0.15, 0.2) is 0 Å². The molecule has 0 fully saturated rings. The van der Waals surface area contributed by atoms with Gasteiger partial charge in [-0.3, -0.25) is 9.10 Å². The number of hydrogen-bond acceptors (Lipinski definition) is 4. The van der Waals surface area contributed by atoms with Gasteiger partial charge in [-0.2, -0.15) is 0 Å². The summed E-state index contributed by atoms with van der Waals surface area (Å²) in [5, 5.41) is 0. The van der Waals surface area contributed by atoms with Gasteiger partial charge in [-0.05, 0) is 36.6 Å². The molecular formula is C28H25NO4S. The number of hydrogen-bond donors (Lipinski definition) is 0. The zero-order valence-electron chi connectivity index (χ0n) is 18.8. The van der Waals surface area contributed by atoms with Crippen molar-refractivity contribution in [1.29, 1.82) is 0 Å². The van der Waals surface area contributed by atoms with E-state index in [1.54, 1.807) is 30.3 Å². The number of ether oxygens (including phenoxy) is 1. The number of benzene rings is 3. The topological polar surface area (TPSA) is 63.7 Å². The van der Waals surface area contributed by atoms with Crippen molar-refractivity contribution in [2.24, 2.45) is 5.92 Å². The third-order valence-corrected chi connectivity index (χ3v) is 8.23. The van der Waals surface area contributed by atoms with E-state index in [4.69, 9.17) is 4.74 Å². The largest absolute Gasteiger partial charge is 0.426 e. The average molecular weight is 472 g/mol. The predicted molar refractivity (Wildman–Crippen MR) is 132 cm³/mol. The molecule has 5 nitrogen and oxygen atoms in total. The van der Waals surface area contributed by atoms with Crippen molar-refractivity contribution in [2.45, 2.75) is 24.2 Å². The number of esters is 1. The molecule has 6 heteroatoms. The maximum Gasteiger partial charge on any atom is 0.317 e. The van der Waals surface area contributed by atoms with E-state index >= 15 is 0 Å². The summed E-state index contributed by atoms with van der Waals surface area (Å²) in [5.41, 5.74) is 4.10. The van der Waals surface area contributed by atoms with Crippen LogP contribution in [0.3, 0.4) is 0 Å². The number of allylic oxidation sites excluding steroid dienone is 2. The molecule has 0 bridgehead atoms. The van der Waals surface area contributed by atoms with Gasteiger partial charge in [-0.25, -0.2) is 8.42 Å². The zero-order chi connectivity index (χ0) is 23.9. The maximum absolute atomic E-state index is 13.8. The van der Waals surface area contributed by atoms with Gasteiger partial charge in [-0.15, -0.1) is 6.58 Å². The van der Waals surface area contributed by atoms with Crippen molar-refractivity contribution < 1.29 is 17.9 Å². The van der Waals surface area contributed by atoms with E-state index in [1.165, 1.54) is 4.31 Å². The SMILES string of the molecule is C=CCc1cccc2c1OC(=O)[C@H]1CN(S(=O)(=O)c3ccc(C)cc3)C(c3ccccc3)=C[C@@H]21. The molecule has 0 unspecified atom stereocenters. The van der Waals surface area contributed by atoms with Crippen LogP contribution in [0.4, 0.5) is 0 Å². The Balaban J connectivity index is 1.68. The molecule has 34 heavy (non-hydrogen) atoms. The Kier molecular flexibility index (Phi) is 5.62. The standard InChI is InChI=1S/C28H25NO4S/c1-3-8-21-11-7-12-23-24-17-26(20-9-5-4-6-10-20)29(18-25(24)28(30)33-27(21)23)34(31,32)22-15-13-19(2)14-16-22/h3-7,9-17,24-25H,1,8,18H2,2H3/t24-,25-/m0/s1. The van der Waals surface area contributed by atoms with Gasteiger partial charge in [0.05, 0.1) is 16.5 Å². The summed E-state index contributed by atoms with van der Waals surface area (Å²) in [5.74, 6) is -0.784. The maximum atomic E-state index is 13.8. The first-order valence-corrected chi connectivity index (χ1v) is 12.6. The molecule has 2 aliphatic rings. The lowest BCUT2D eigenvalue weighted by Crippen LogP contribution is -2.45. The number of fused-ring (bicyclic) bond motifs is 3. The van der Waals surface area contributed by atoms with E-state index in [9.17, 15) is 13.2 Å². The lowest BCUT2D eigenvalue weighted by molar-refractivity contribution is -0.141. The lowest BCUT2D eigenvalue weighted by Gasteiger charge is -2.40. The molecule has 172 valence electrons. The fraction of sp³-hybridized carbons (Fsp3) is 0.179. The number of nitrogens with zero attached hydrogens (tertiary/aromatic N) is 1. The molecular weight excluding hydrogens is 446 g/mol. The number of para-hydroxylation sites is 1. The van der Waals surface area contributed by atoms with E-state index in [0.717, 1.165) is 22.3 Å². The summed E-state index contributed by atoms with van der Waals surface area (Å²) in [6, 6.07) is 22.0. The number of rotatable bonds is 5. The van der Waals surface area contributed by atoms with Crippen molar-refractivity contribution in [3.8, 4) is 5.75 Å². The third-order valence-electron chi connectivity index (χ3n) is 6.44. The van der Waals surface area contributed by atoms with E-state index in [2.05, 4.69) is 6.58 Å². The van der Waals surface area contributed by atoms with Gasteiger partial charge in [0.25, 0.3) is 10.0 Å². The molecule has 0 spiro atoms. The Bertz CT molecular complexity index is 1390. The summed E-state index contributed by atoms with van der Waals surface area (Å²) in [6.07, 6.45) is 4.26. The van der Waals surface area contributed by atoms with Crippen molar-refractivity contribution in [3.63, 3.8) is 0 Å². The van der Waals surface area contributed by atoms with Crippen LogP contribution >= 0.6 is 0 Å². The van der Waals surface area contributed by atoms with Crippen LogP contribution in [0.25, 0.3) is 5.70 Å². The van der Waals surface area contributed by atoms with Crippen molar-refractivity contribution in [2.75, 3.05) is 6.54 Å². The molecule has 2 aliphatic heterocycles. The molecule has 0 aromatic heterocycles. The fourth-order valence-corrected chi connectivity index (χ4v) is 6.20. The van der Waals surface area contributed by atoms with E-state index in [1.807, 2.05) is 61.5 Å². The van der Waals surface area contributed by atoms with Crippen LogP contribution in [0, 0.1) is 12.8 Å². The first kappa shape index (κ1) is 22.2. The zero-order valence-corrected chi connectivity index (χ0v) is 19.7. The Labute approximate surface area is 200 Å². The minimum Gasteiger partial charge on any atom is -0.426 e. The molecule has 2 heterocycles. The molecule has 0 amide bonds. The van der Waals surface area contributed by atoms with Crippen LogP contribution < -0.4 is 4.74 Å². The van der Waals surface area contributed by atoms with Crippen molar-refractivity contribution >= 4 is 21.7 Å². The molecule has 0 aliphatic carbocycles. The normalized spacial score (nSPS) is 19.5. The van der Waals surface area contributed by atoms with Crippen LogP contribution in [-0.4, -0.2) is 25.2 Å². The summed E-state index contributed by atoms with van der Waals surface area (Å²) in [4.78, 5) is 13.3. The highest BCUT2D eigenvalue weighted by Gasteiger charge is 2.45. The molecule has 0 saturated heterocycles. The quantitative estimate of drug-likeness (QED) is 0.295. The van der Waals surface area contributed by atoms with Crippen LogP contribution in [0.1, 0.15) is 28.2 Å². The number of carbonyl (C=O) groups excluding carboxylic acids is 1. The lowest BCUT2D eigenvalue weighted by atomic mass is 9.79. The Morgan fingerprint density at radius 1 is 1.03 bits per heavy atom. The minimum absolute atomic E-state index is 0.00552. The molecule has 0 saturated carbocycles. The van der Waals surface area contributed by atoms with Gasteiger partial charge < -0.3 is 4.74 Å². The van der Waals surface area contributed by atoms with Crippen LogP contribution in [0.15, 0.2) is 96.4 Å². The fourth-order valence-electron chi connectivity index (χ4n) is 4.69. The van der Waals surface area contributed by atoms with Crippen molar-refractivity contribution in [3.05, 3.63) is 114 Å². The molecule has 3 aromatic rings. The smallest absolute Gasteiger partial charge is 0.317 e. The highest BCUT2D eigenvalue weighted by molar-refractivity contribution is 7.89. The first-order chi connectivity index (χ1) is 16.4. The summed E-state index contributed by atoms with van der Waals surface area (Å²) in [7, 11) is -3.90. The highest BCUT2D eigenvalue weighted by atomic mass is 32.2. The summed E-state index contributed by atoms with van der Waals surface area (Å²) >= 11 is 0. The van der Waals surface area contributed by atoms with Gasteiger partial charge >= 0.3 is 5.97 Å². The molecule has 0 N–H and O–H groups in total. The number of aryl methyl sites for hydroxylation is 1. The van der Waals surface area contributed by atoms with E-state index in [0.29, 0.717) is 17.9 Å². The predicted octanol–water partition coefficient (Wildman–Crippen LogP) is 5.09. The van der Waals surface area contributed by atoms with E-state index in [-0.39, 0.29) is 17.4 Å². The van der Waals surface area contributed by atoms with E-state index < -0.39 is 21.9 Å². The van der Waals surface area contributed by atoms with Gasteiger partial charge in [-0.1, -0.05) is 78.4 Å². The highest BCUT2D eigenvalue weighted by Crippen LogP contribution is 2.46. The Hall–Kier alpha value is -3.64.